The van der Waals surface area contributed by atoms with Gasteiger partial charge in [0.1, 0.15) is 11.9 Å². The molecule has 0 bridgehead atoms. The van der Waals surface area contributed by atoms with Crippen LogP contribution in [0.3, 0.4) is 0 Å². The van der Waals surface area contributed by atoms with E-state index in [-0.39, 0.29) is 17.3 Å². The lowest BCUT2D eigenvalue weighted by atomic mass is 9.94. The van der Waals surface area contributed by atoms with Gasteiger partial charge < -0.3 is 5.32 Å². The molecule has 1 aliphatic heterocycles. The molecule has 1 atom stereocenters. The summed E-state index contributed by atoms with van der Waals surface area (Å²) in [6, 6.07) is 13.8. The third-order valence-electron chi connectivity index (χ3n) is 7.65. The van der Waals surface area contributed by atoms with E-state index < -0.39 is 21.9 Å². The van der Waals surface area contributed by atoms with Crippen molar-refractivity contribution in [1.29, 1.82) is 0 Å². The van der Waals surface area contributed by atoms with Crippen LogP contribution in [0.25, 0.3) is 0 Å². The van der Waals surface area contributed by atoms with E-state index in [1.165, 1.54) is 38.7 Å². The van der Waals surface area contributed by atoms with Crippen molar-refractivity contribution < 1.29 is 17.6 Å². The summed E-state index contributed by atoms with van der Waals surface area (Å²) >= 11 is 0. The number of sulfonamides is 1. The first-order chi connectivity index (χ1) is 16.9. The maximum absolute atomic E-state index is 13.8. The van der Waals surface area contributed by atoms with Gasteiger partial charge in [-0.15, -0.1) is 0 Å². The van der Waals surface area contributed by atoms with Crippen LogP contribution < -0.4 is 5.32 Å². The number of benzene rings is 3. The van der Waals surface area contributed by atoms with Crippen LogP contribution in [-0.4, -0.2) is 24.7 Å². The lowest BCUT2D eigenvalue weighted by Gasteiger charge is -2.35. The van der Waals surface area contributed by atoms with Gasteiger partial charge in [-0.3, -0.25) is 4.79 Å². The monoisotopic (exact) mass is 490 g/mol. The van der Waals surface area contributed by atoms with Gasteiger partial charge in [-0.25, -0.2) is 12.8 Å². The van der Waals surface area contributed by atoms with Crippen molar-refractivity contribution in [3.05, 3.63) is 93.8 Å². The van der Waals surface area contributed by atoms with Crippen molar-refractivity contribution in [2.45, 2.75) is 62.4 Å². The van der Waals surface area contributed by atoms with E-state index in [9.17, 15) is 17.6 Å². The first kappa shape index (κ1) is 22.4. The van der Waals surface area contributed by atoms with Gasteiger partial charge in [0.2, 0.25) is 15.9 Å². The van der Waals surface area contributed by atoms with Crippen molar-refractivity contribution in [3.63, 3.8) is 0 Å². The molecule has 2 aliphatic carbocycles. The number of fused-ring (bicyclic) bond motifs is 3. The van der Waals surface area contributed by atoms with Crippen LogP contribution in [0.15, 0.2) is 59.5 Å². The quantitative estimate of drug-likeness (QED) is 0.583. The maximum atomic E-state index is 13.8. The first-order valence-corrected chi connectivity index (χ1v) is 13.7. The van der Waals surface area contributed by atoms with Crippen LogP contribution in [0.1, 0.15) is 46.2 Å². The lowest BCUT2D eigenvalue weighted by Crippen LogP contribution is -2.50. The largest absolute Gasteiger partial charge is 0.324 e. The molecule has 0 fully saturated rings. The SMILES string of the molecule is O=C(Nc1c2c(cc3c1CCC3)CCC2)[C@@H]1Cc2ccccc2CN1S(=O)(=O)c1ccc(F)cc1. The molecule has 0 aromatic heterocycles. The normalized spacial score (nSPS) is 19.2. The van der Waals surface area contributed by atoms with E-state index in [2.05, 4.69) is 11.4 Å². The minimum atomic E-state index is -4.03. The Labute approximate surface area is 205 Å². The molecule has 180 valence electrons. The highest BCUT2D eigenvalue weighted by Gasteiger charge is 2.40. The Balaban J connectivity index is 1.39. The Hall–Kier alpha value is -3.03. The standard InChI is InChI=1S/C28H27FN2O3S/c29-22-11-13-23(14-12-22)35(33,34)31-17-21-6-2-1-5-18(21)16-26(31)28(32)30-27-24-9-3-7-19(24)15-20-8-4-10-25(20)27/h1-2,5-6,11-15,26H,3-4,7-10,16-17H2,(H,30,32)/t26-/m0/s1. The minimum Gasteiger partial charge on any atom is -0.324 e. The Kier molecular flexibility index (Phi) is 5.49. The van der Waals surface area contributed by atoms with E-state index in [1.807, 2.05) is 24.3 Å². The molecule has 3 aliphatic rings. The van der Waals surface area contributed by atoms with E-state index in [1.54, 1.807) is 0 Å². The molecule has 1 amide bonds. The summed E-state index contributed by atoms with van der Waals surface area (Å²) in [5.41, 5.74) is 7.81. The molecule has 1 N–H and O–H groups in total. The fraction of sp³-hybridized carbons (Fsp3) is 0.321. The molecule has 35 heavy (non-hydrogen) atoms. The third-order valence-corrected chi connectivity index (χ3v) is 9.52. The van der Waals surface area contributed by atoms with Crippen molar-refractivity contribution in [3.8, 4) is 0 Å². The highest BCUT2D eigenvalue weighted by Crippen LogP contribution is 2.39. The van der Waals surface area contributed by atoms with Gasteiger partial charge in [0, 0.05) is 12.2 Å². The first-order valence-electron chi connectivity index (χ1n) is 12.2. The van der Waals surface area contributed by atoms with E-state index in [4.69, 9.17) is 0 Å². The predicted molar refractivity (Wildman–Crippen MR) is 132 cm³/mol. The van der Waals surface area contributed by atoms with E-state index >= 15 is 0 Å². The number of rotatable bonds is 4. The van der Waals surface area contributed by atoms with Crippen LogP contribution in [0.5, 0.6) is 0 Å². The van der Waals surface area contributed by atoms with Gasteiger partial charge in [-0.2, -0.15) is 4.31 Å². The number of nitrogens with zero attached hydrogens (tertiary/aromatic N) is 1. The number of amides is 1. The summed E-state index contributed by atoms with van der Waals surface area (Å²) in [6.07, 6.45) is 6.35. The summed E-state index contributed by atoms with van der Waals surface area (Å²) in [5.74, 6) is -0.811. The molecule has 0 saturated heterocycles. The summed E-state index contributed by atoms with van der Waals surface area (Å²) in [6.45, 7) is 0.0962. The zero-order valence-corrected chi connectivity index (χ0v) is 20.2. The number of hydrogen-bond acceptors (Lipinski definition) is 3. The smallest absolute Gasteiger partial charge is 0.244 e. The highest BCUT2D eigenvalue weighted by molar-refractivity contribution is 7.89. The van der Waals surface area contributed by atoms with Gasteiger partial charge in [0.05, 0.1) is 4.90 Å². The Morgan fingerprint density at radius 1 is 0.857 bits per heavy atom. The van der Waals surface area contributed by atoms with Crippen molar-refractivity contribution >= 4 is 21.6 Å². The fourth-order valence-electron chi connectivity index (χ4n) is 5.89. The van der Waals surface area contributed by atoms with Gasteiger partial charge in [-0.05, 0) is 103 Å². The van der Waals surface area contributed by atoms with Gasteiger partial charge in [0.15, 0.2) is 0 Å². The molecule has 0 saturated carbocycles. The molecule has 3 aromatic carbocycles. The molecule has 1 heterocycles. The summed E-state index contributed by atoms with van der Waals surface area (Å²) < 4.78 is 42.1. The van der Waals surface area contributed by atoms with Crippen LogP contribution in [-0.2, 0) is 53.5 Å². The molecule has 0 spiro atoms. The predicted octanol–water partition coefficient (Wildman–Crippen LogP) is 4.56. The summed E-state index contributed by atoms with van der Waals surface area (Å²) in [7, 11) is -4.03. The zero-order valence-electron chi connectivity index (χ0n) is 19.4. The van der Waals surface area contributed by atoms with Crippen LogP contribution >= 0.6 is 0 Å². The summed E-state index contributed by atoms with van der Waals surface area (Å²) in [4.78, 5) is 13.8. The second-order valence-corrected chi connectivity index (χ2v) is 11.6. The molecule has 0 radical (unpaired) electrons. The second kappa shape index (κ2) is 8.57. The van der Waals surface area contributed by atoms with Gasteiger partial charge >= 0.3 is 0 Å². The van der Waals surface area contributed by atoms with Crippen molar-refractivity contribution in [1.82, 2.24) is 4.31 Å². The Morgan fingerprint density at radius 2 is 1.49 bits per heavy atom. The number of nitrogens with one attached hydrogen (secondary N) is 1. The molecule has 7 heteroatoms. The van der Waals surface area contributed by atoms with Crippen molar-refractivity contribution in [2.75, 3.05) is 5.32 Å². The Morgan fingerprint density at radius 3 is 2.14 bits per heavy atom. The molecular weight excluding hydrogens is 463 g/mol. The maximum Gasteiger partial charge on any atom is 0.244 e. The average Bonchev–Trinajstić information content (AvgIpc) is 3.53. The van der Waals surface area contributed by atoms with Gasteiger partial charge in [-0.1, -0.05) is 30.3 Å². The zero-order chi connectivity index (χ0) is 24.2. The summed E-state index contributed by atoms with van der Waals surface area (Å²) in [5, 5.41) is 3.20. The van der Waals surface area contributed by atoms with E-state index in [0.29, 0.717) is 6.42 Å². The number of halogens is 1. The third kappa shape index (κ3) is 3.87. The Bertz CT molecular complexity index is 1400. The second-order valence-electron chi connectivity index (χ2n) is 9.72. The number of carbonyl (C=O) groups excluding carboxylic acids is 1. The molecule has 0 unspecified atom stereocenters. The van der Waals surface area contributed by atoms with Crippen LogP contribution in [0.2, 0.25) is 0 Å². The number of carbonyl (C=O) groups is 1. The number of aryl methyl sites for hydroxylation is 2. The molecular formula is C28H27FN2O3S. The molecule has 6 rings (SSSR count). The minimum absolute atomic E-state index is 0.0161. The lowest BCUT2D eigenvalue weighted by molar-refractivity contribution is -0.120. The molecule has 3 aromatic rings. The van der Waals surface area contributed by atoms with Crippen molar-refractivity contribution in [2.24, 2.45) is 0 Å². The number of hydrogen-bond donors (Lipinski definition) is 1. The topological polar surface area (TPSA) is 66.5 Å². The highest BCUT2D eigenvalue weighted by atomic mass is 32.2. The number of anilines is 1. The van der Waals surface area contributed by atoms with Crippen LogP contribution in [0, 0.1) is 5.82 Å². The molecule has 5 nitrogen and oxygen atoms in total. The van der Waals surface area contributed by atoms with Crippen LogP contribution in [0.4, 0.5) is 10.1 Å². The average molecular weight is 491 g/mol. The fourth-order valence-corrected chi connectivity index (χ4v) is 7.46. The van der Waals surface area contributed by atoms with Gasteiger partial charge in [0.25, 0.3) is 0 Å². The van der Waals surface area contributed by atoms with E-state index in [0.717, 1.165) is 67.5 Å².